The number of nitrogens with one attached hydrogen (secondary N) is 1. The van der Waals surface area contributed by atoms with E-state index in [2.05, 4.69) is 15.0 Å². The zero-order chi connectivity index (χ0) is 8.27. The van der Waals surface area contributed by atoms with Gasteiger partial charge >= 0.3 is 11.7 Å². The summed E-state index contributed by atoms with van der Waals surface area (Å²) in [5, 5.41) is 5.73. The molecular formula is C5H9N3O3. The Hall–Kier alpha value is -1.46. The van der Waals surface area contributed by atoms with Crippen molar-refractivity contribution in [1.29, 1.82) is 0 Å². The van der Waals surface area contributed by atoms with Gasteiger partial charge in [-0.3, -0.25) is 0 Å². The van der Waals surface area contributed by atoms with Gasteiger partial charge in [-0.2, -0.15) is 0 Å². The van der Waals surface area contributed by atoms with Crippen LogP contribution in [0.15, 0.2) is 4.79 Å². The van der Waals surface area contributed by atoms with E-state index in [1.807, 2.05) is 0 Å². The van der Waals surface area contributed by atoms with Crippen molar-refractivity contribution in [3.63, 3.8) is 0 Å². The largest absolute Gasteiger partial charge is 0.462 e. The van der Waals surface area contributed by atoms with Gasteiger partial charge < -0.3 is 9.57 Å². The number of hydrogen-bond acceptors (Lipinski definition) is 4. The van der Waals surface area contributed by atoms with Crippen LogP contribution in [0.5, 0.6) is 6.01 Å². The Bertz CT molecular complexity index is 277. The third-order valence-corrected chi connectivity index (χ3v) is 1.06. The van der Waals surface area contributed by atoms with Gasteiger partial charge in [-0.25, -0.2) is 9.89 Å². The second kappa shape index (κ2) is 3.09. The lowest BCUT2D eigenvalue weighted by atomic mass is 10.9. The Labute approximate surface area is 62.7 Å². The Morgan fingerprint density at radius 3 is 3.00 bits per heavy atom. The van der Waals surface area contributed by atoms with Crippen LogP contribution in [0.1, 0.15) is 6.92 Å². The molecule has 62 valence electrons. The van der Waals surface area contributed by atoms with Crippen LogP contribution < -0.4 is 15.3 Å². The van der Waals surface area contributed by atoms with Crippen LogP contribution >= 0.6 is 0 Å². The molecule has 1 rings (SSSR count). The lowest BCUT2D eigenvalue weighted by molar-refractivity contribution is 0.121. The van der Waals surface area contributed by atoms with Gasteiger partial charge in [0, 0.05) is 0 Å². The fourth-order valence-corrected chi connectivity index (χ4v) is 0.654. The maximum absolute atomic E-state index is 10.8. The molecule has 0 unspecified atom stereocenters. The number of rotatable bonds is 3. The first-order valence-corrected chi connectivity index (χ1v) is 3.14. The summed E-state index contributed by atoms with van der Waals surface area (Å²) in [6, 6.07) is 0.139. The van der Waals surface area contributed by atoms with Gasteiger partial charge in [0.1, 0.15) is 7.11 Å². The zero-order valence-electron chi connectivity index (χ0n) is 6.33. The molecule has 0 saturated heterocycles. The summed E-state index contributed by atoms with van der Waals surface area (Å²) in [5.41, 5.74) is -0.448. The Kier molecular flexibility index (Phi) is 2.15. The predicted molar refractivity (Wildman–Crippen MR) is 36.5 cm³/mol. The van der Waals surface area contributed by atoms with Gasteiger partial charge in [0.2, 0.25) is 0 Å². The van der Waals surface area contributed by atoms with E-state index in [-0.39, 0.29) is 6.01 Å². The van der Waals surface area contributed by atoms with Crippen molar-refractivity contribution in [1.82, 2.24) is 14.9 Å². The van der Waals surface area contributed by atoms with Crippen molar-refractivity contribution in [3.8, 4) is 6.01 Å². The van der Waals surface area contributed by atoms with Crippen LogP contribution in [0.25, 0.3) is 0 Å². The average Bonchev–Trinajstić information content (AvgIpc) is 2.33. The molecule has 0 bridgehead atoms. The minimum atomic E-state index is -0.448. The molecule has 6 heteroatoms. The van der Waals surface area contributed by atoms with E-state index in [0.29, 0.717) is 6.61 Å². The first-order chi connectivity index (χ1) is 5.29. The second-order valence-corrected chi connectivity index (χ2v) is 1.72. The van der Waals surface area contributed by atoms with E-state index in [0.717, 1.165) is 4.73 Å². The SMILES string of the molecule is CCOc1n[nH]c(=O)n1OC. The first-order valence-electron chi connectivity index (χ1n) is 3.14. The summed E-state index contributed by atoms with van der Waals surface area (Å²) in [7, 11) is 1.36. The highest BCUT2D eigenvalue weighted by Gasteiger charge is 2.07. The molecule has 11 heavy (non-hydrogen) atoms. The Balaban J connectivity index is 2.96. The van der Waals surface area contributed by atoms with Crippen molar-refractivity contribution in [2.24, 2.45) is 0 Å². The number of ether oxygens (including phenoxy) is 1. The van der Waals surface area contributed by atoms with Gasteiger partial charge in [-0.1, -0.05) is 4.73 Å². The average molecular weight is 159 g/mol. The fourth-order valence-electron chi connectivity index (χ4n) is 0.654. The van der Waals surface area contributed by atoms with Crippen molar-refractivity contribution in [2.75, 3.05) is 13.7 Å². The highest BCUT2D eigenvalue weighted by atomic mass is 16.7. The van der Waals surface area contributed by atoms with Crippen molar-refractivity contribution < 1.29 is 9.57 Å². The molecule has 0 atom stereocenters. The van der Waals surface area contributed by atoms with Gasteiger partial charge in [0.15, 0.2) is 0 Å². The molecule has 0 fully saturated rings. The van der Waals surface area contributed by atoms with Crippen molar-refractivity contribution in [2.45, 2.75) is 6.92 Å². The highest BCUT2D eigenvalue weighted by molar-refractivity contribution is 4.88. The number of hydrogen-bond donors (Lipinski definition) is 1. The molecular weight excluding hydrogens is 150 g/mol. The van der Waals surface area contributed by atoms with Crippen LogP contribution in [0.3, 0.4) is 0 Å². The molecule has 0 spiro atoms. The zero-order valence-corrected chi connectivity index (χ0v) is 6.33. The molecule has 0 saturated carbocycles. The van der Waals surface area contributed by atoms with E-state index < -0.39 is 5.69 Å². The summed E-state index contributed by atoms with van der Waals surface area (Å²) in [5.74, 6) is 0. The Morgan fingerprint density at radius 2 is 2.45 bits per heavy atom. The molecule has 0 aliphatic rings. The van der Waals surface area contributed by atoms with Crippen LogP contribution in [0.2, 0.25) is 0 Å². The smallest absolute Gasteiger partial charge is 0.379 e. The predicted octanol–water partition coefficient (Wildman–Crippen LogP) is -0.972. The van der Waals surface area contributed by atoms with E-state index in [4.69, 9.17) is 4.74 Å². The minimum Gasteiger partial charge on any atom is -0.462 e. The van der Waals surface area contributed by atoms with Gasteiger partial charge in [0.25, 0.3) is 0 Å². The maximum Gasteiger partial charge on any atom is 0.379 e. The van der Waals surface area contributed by atoms with E-state index in [1.54, 1.807) is 6.92 Å². The normalized spacial score (nSPS) is 9.64. The van der Waals surface area contributed by atoms with Crippen LogP contribution in [0, 0.1) is 0 Å². The molecule has 0 amide bonds. The summed E-state index contributed by atoms with van der Waals surface area (Å²) in [4.78, 5) is 15.4. The quantitative estimate of drug-likeness (QED) is 0.616. The van der Waals surface area contributed by atoms with Gasteiger partial charge in [-0.15, -0.1) is 5.10 Å². The number of H-pyrrole nitrogens is 1. The number of aromatic amines is 1. The second-order valence-electron chi connectivity index (χ2n) is 1.72. The fraction of sp³-hybridized carbons (Fsp3) is 0.600. The molecule has 1 aromatic rings. The summed E-state index contributed by atoms with van der Waals surface area (Å²) >= 11 is 0. The van der Waals surface area contributed by atoms with Gasteiger partial charge in [0.05, 0.1) is 6.61 Å². The molecule has 0 aliphatic heterocycles. The molecule has 1 N–H and O–H groups in total. The van der Waals surface area contributed by atoms with Crippen LogP contribution in [-0.4, -0.2) is 28.6 Å². The molecule has 1 heterocycles. The maximum atomic E-state index is 10.8. The standard InChI is InChI=1S/C5H9N3O3/c1-3-11-5-7-6-4(9)8(5)10-2/h3H2,1-2H3,(H,6,9). The molecule has 0 radical (unpaired) electrons. The molecule has 1 aromatic heterocycles. The number of aromatic nitrogens is 3. The van der Waals surface area contributed by atoms with Gasteiger partial charge in [-0.05, 0) is 6.92 Å². The first kappa shape index (κ1) is 7.64. The molecule has 0 aromatic carbocycles. The summed E-state index contributed by atoms with van der Waals surface area (Å²) < 4.78 is 5.88. The third-order valence-electron chi connectivity index (χ3n) is 1.06. The summed E-state index contributed by atoms with van der Waals surface area (Å²) in [6.45, 7) is 2.23. The third kappa shape index (κ3) is 1.34. The molecule has 6 nitrogen and oxygen atoms in total. The van der Waals surface area contributed by atoms with E-state index in [9.17, 15) is 4.79 Å². The van der Waals surface area contributed by atoms with Crippen molar-refractivity contribution >= 4 is 0 Å². The monoisotopic (exact) mass is 159 g/mol. The number of nitrogens with zero attached hydrogens (tertiary/aromatic N) is 2. The minimum absolute atomic E-state index is 0.139. The lowest BCUT2D eigenvalue weighted by Crippen LogP contribution is -2.22. The topological polar surface area (TPSA) is 69.1 Å². The van der Waals surface area contributed by atoms with Crippen molar-refractivity contribution in [3.05, 3.63) is 10.5 Å². The Morgan fingerprint density at radius 1 is 1.73 bits per heavy atom. The summed E-state index contributed by atoms with van der Waals surface area (Å²) in [6.07, 6.45) is 0. The van der Waals surface area contributed by atoms with Crippen LogP contribution in [-0.2, 0) is 0 Å². The highest BCUT2D eigenvalue weighted by Crippen LogP contribution is 1.97. The van der Waals surface area contributed by atoms with Crippen LogP contribution in [0.4, 0.5) is 0 Å². The molecule has 0 aliphatic carbocycles. The van der Waals surface area contributed by atoms with E-state index >= 15 is 0 Å². The lowest BCUT2D eigenvalue weighted by Gasteiger charge is -2.01. The van der Waals surface area contributed by atoms with E-state index in [1.165, 1.54) is 7.11 Å².